The van der Waals surface area contributed by atoms with Gasteiger partial charge in [-0.3, -0.25) is 4.79 Å². The molecule has 0 aliphatic carbocycles. The van der Waals surface area contributed by atoms with E-state index in [-0.39, 0.29) is 5.78 Å². The van der Waals surface area contributed by atoms with Crippen molar-refractivity contribution in [1.29, 1.82) is 0 Å². The highest BCUT2D eigenvalue weighted by atomic mass is 16.1. The number of rotatable bonds is 2. The van der Waals surface area contributed by atoms with Gasteiger partial charge in [0.2, 0.25) is 0 Å². The highest BCUT2D eigenvalue weighted by molar-refractivity contribution is 6.10. The predicted octanol–water partition coefficient (Wildman–Crippen LogP) is 3.43. The third kappa shape index (κ3) is 2.14. The molecule has 0 spiro atoms. The van der Waals surface area contributed by atoms with Gasteiger partial charge in [0.25, 0.3) is 0 Å². The van der Waals surface area contributed by atoms with Crippen LogP contribution in [-0.4, -0.2) is 5.78 Å². The molecule has 0 saturated heterocycles. The Morgan fingerprint density at radius 1 is 0.889 bits per heavy atom. The topological polar surface area (TPSA) is 43.1 Å². The summed E-state index contributed by atoms with van der Waals surface area (Å²) in [5.74, 6) is 0.0515. The summed E-state index contributed by atoms with van der Waals surface area (Å²) in [4.78, 5) is 12.4. The molecule has 2 aromatic carbocycles. The molecule has 0 fully saturated rings. The number of nitrogen functional groups attached to an aromatic ring is 1. The lowest BCUT2D eigenvalue weighted by molar-refractivity contribution is 0.103. The van der Waals surface area contributed by atoms with Crippen molar-refractivity contribution in [1.82, 2.24) is 0 Å². The van der Waals surface area contributed by atoms with Gasteiger partial charge in [-0.2, -0.15) is 0 Å². The van der Waals surface area contributed by atoms with Crippen molar-refractivity contribution < 1.29 is 4.79 Å². The second kappa shape index (κ2) is 4.65. The Hall–Kier alpha value is -2.09. The maximum absolute atomic E-state index is 12.4. The van der Waals surface area contributed by atoms with E-state index >= 15 is 0 Å². The van der Waals surface area contributed by atoms with Crippen LogP contribution in [0, 0.1) is 20.8 Å². The third-order valence-electron chi connectivity index (χ3n) is 3.48. The summed E-state index contributed by atoms with van der Waals surface area (Å²) in [6, 6.07) is 10.9. The molecular formula is C16H17NO. The van der Waals surface area contributed by atoms with Gasteiger partial charge < -0.3 is 5.73 Å². The quantitative estimate of drug-likeness (QED) is 0.644. The summed E-state index contributed by atoms with van der Waals surface area (Å²) < 4.78 is 0. The molecule has 0 bridgehead atoms. The number of nitrogens with two attached hydrogens (primary N) is 1. The molecule has 2 nitrogen and oxygen atoms in total. The molecule has 0 aliphatic rings. The Morgan fingerprint density at radius 2 is 1.50 bits per heavy atom. The first-order chi connectivity index (χ1) is 8.50. The summed E-state index contributed by atoms with van der Waals surface area (Å²) in [7, 11) is 0. The van der Waals surface area contributed by atoms with Gasteiger partial charge in [0, 0.05) is 16.8 Å². The van der Waals surface area contributed by atoms with Gasteiger partial charge in [0.05, 0.1) is 0 Å². The van der Waals surface area contributed by atoms with Crippen LogP contribution in [0.5, 0.6) is 0 Å². The smallest absolute Gasteiger partial charge is 0.193 e. The van der Waals surface area contributed by atoms with Crippen molar-refractivity contribution >= 4 is 11.5 Å². The van der Waals surface area contributed by atoms with Crippen molar-refractivity contribution in [3.8, 4) is 0 Å². The van der Waals surface area contributed by atoms with Gasteiger partial charge in [0.15, 0.2) is 5.78 Å². The van der Waals surface area contributed by atoms with Crippen molar-refractivity contribution in [3.05, 3.63) is 64.2 Å². The first kappa shape index (κ1) is 12.4. The van der Waals surface area contributed by atoms with Crippen molar-refractivity contribution in [2.75, 3.05) is 5.73 Å². The third-order valence-corrected chi connectivity index (χ3v) is 3.48. The fourth-order valence-electron chi connectivity index (χ4n) is 1.99. The fraction of sp³-hybridized carbons (Fsp3) is 0.188. The molecule has 2 aromatic rings. The first-order valence-electron chi connectivity index (χ1n) is 5.97. The molecule has 0 amide bonds. The zero-order valence-corrected chi connectivity index (χ0v) is 10.9. The van der Waals surface area contributed by atoms with E-state index in [0.717, 1.165) is 11.1 Å². The minimum absolute atomic E-state index is 0.0515. The lowest BCUT2D eigenvalue weighted by Crippen LogP contribution is -2.05. The summed E-state index contributed by atoms with van der Waals surface area (Å²) in [5, 5.41) is 0. The molecule has 0 unspecified atom stereocenters. The van der Waals surface area contributed by atoms with Gasteiger partial charge in [0.1, 0.15) is 0 Å². The van der Waals surface area contributed by atoms with Crippen LogP contribution in [0.1, 0.15) is 32.6 Å². The molecule has 18 heavy (non-hydrogen) atoms. The van der Waals surface area contributed by atoms with Crippen LogP contribution in [0.2, 0.25) is 0 Å². The largest absolute Gasteiger partial charge is 0.399 e. The number of ketones is 1. The second-order valence-corrected chi connectivity index (χ2v) is 4.63. The van der Waals surface area contributed by atoms with Crippen molar-refractivity contribution in [3.63, 3.8) is 0 Å². The predicted molar refractivity (Wildman–Crippen MR) is 74.9 cm³/mol. The Morgan fingerprint density at radius 3 is 2.11 bits per heavy atom. The van der Waals surface area contributed by atoms with Crippen LogP contribution in [0.15, 0.2) is 36.4 Å². The van der Waals surface area contributed by atoms with E-state index in [2.05, 4.69) is 6.92 Å². The number of aryl methyl sites for hydroxylation is 1. The molecule has 0 atom stereocenters. The standard InChI is InChI=1S/C16H17NO/c1-10-4-9-15(12(3)11(10)2)16(18)13-5-7-14(17)8-6-13/h4-9H,17H2,1-3H3. The Bertz CT molecular complexity index is 597. The maximum atomic E-state index is 12.4. The highest BCUT2D eigenvalue weighted by Gasteiger charge is 2.13. The van der Waals surface area contributed by atoms with Gasteiger partial charge in [-0.05, 0) is 61.7 Å². The molecule has 0 heterocycles. The first-order valence-corrected chi connectivity index (χ1v) is 5.97. The average molecular weight is 239 g/mol. The summed E-state index contributed by atoms with van der Waals surface area (Å²) >= 11 is 0. The van der Waals surface area contributed by atoms with Crippen LogP contribution >= 0.6 is 0 Å². The monoisotopic (exact) mass is 239 g/mol. The van der Waals surface area contributed by atoms with Gasteiger partial charge in [-0.25, -0.2) is 0 Å². The zero-order chi connectivity index (χ0) is 13.3. The minimum atomic E-state index is 0.0515. The minimum Gasteiger partial charge on any atom is -0.399 e. The number of carbonyl (C=O) groups excluding carboxylic acids is 1. The van der Waals surface area contributed by atoms with Gasteiger partial charge in [-0.1, -0.05) is 12.1 Å². The summed E-state index contributed by atoms with van der Waals surface area (Å²) in [6.45, 7) is 6.09. The maximum Gasteiger partial charge on any atom is 0.193 e. The van der Waals surface area contributed by atoms with E-state index < -0.39 is 0 Å². The normalized spacial score (nSPS) is 10.4. The molecule has 0 aliphatic heterocycles. The number of carbonyl (C=O) groups is 1. The number of hydrogen-bond donors (Lipinski definition) is 1. The number of anilines is 1. The molecule has 92 valence electrons. The van der Waals surface area contributed by atoms with Crippen LogP contribution in [0.4, 0.5) is 5.69 Å². The number of hydrogen-bond acceptors (Lipinski definition) is 2. The molecule has 0 saturated carbocycles. The molecule has 2 rings (SSSR count). The van der Waals surface area contributed by atoms with E-state index in [4.69, 9.17) is 5.73 Å². The van der Waals surface area contributed by atoms with Crippen LogP contribution in [-0.2, 0) is 0 Å². The Kier molecular flexibility index (Phi) is 3.19. The summed E-state index contributed by atoms with van der Waals surface area (Å²) in [6.07, 6.45) is 0. The zero-order valence-electron chi connectivity index (χ0n) is 10.9. The molecular weight excluding hydrogens is 222 g/mol. The van der Waals surface area contributed by atoms with Crippen LogP contribution in [0.25, 0.3) is 0 Å². The average Bonchev–Trinajstić information content (AvgIpc) is 2.36. The fourth-order valence-corrected chi connectivity index (χ4v) is 1.99. The lowest BCUT2D eigenvalue weighted by atomic mass is 9.93. The van der Waals surface area contributed by atoms with Gasteiger partial charge >= 0.3 is 0 Å². The number of benzene rings is 2. The van der Waals surface area contributed by atoms with Crippen molar-refractivity contribution in [2.45, 2.75) is 20.8 Å². The molecule has 0 aromatic heterocycles. The van der Waals surface area contributed by atoms with E-state index in [0.29, 0.717) is 11.3 Å². The lowest BCUT2D eigenvalue weighted by Gasteiger charge is -2.10. The Labute approximate surface area is 107 Å². The highest BCUT2D eigenvalue weighted by Crippen LogP contribution is 2.20. The molecule has 0 radical (unpaired) electrons. The molecule has 2 heteroatoms. The van der Waals surface area contributed by atoms with E-state index in [1.807, 2.05) is 26.0 Å². The van der Waals surface area contributed by atoms with E-state index in [9.17, 15) is 4.79 Å². The summed E-state index contributed by atoms with van der Waals surface area (Å²) in [5.41, 5.74) is 11.2. The van der Waals surface area contributed by atoms with Crippen LogP contribution in [0.3, 0.4) is 0 Å². The Balaban J connectivity index is 2.46. The van der Waals surface area contributed by atoms with Gasteiger partial charge in [-0.15, -0.1) is 0 Å². The molecule has 2 N–H and O–H groups in total. The van der Waals surface area contributed by atoms with Crippen molar-refractivity contribution in [2.24, 2.45) is 0 Å². The van der Waals surface area contributed by atoms with E-state index in [1.54, 1.807) is 24.3 Å². The van der Waals surface area contributed by atoms with E-state index in [1.165, 1.54) is 11.1 Å². The second-order valence-electron chi connectivity index (χ2n) is 4.63. The van der Waals surface area contributed by atoms with Crippen LogP contribution < -0.4 is 5.73 Å². The SMILES string of the molecule is Cc1ccc(C(=O)c2ccc(N)cc2)c(C)c1C.